The van der Waals surface area contributed by atoms with Gasteiger partial charge in [0, 0.05) is 25.4 Å². The van der Waals surface area contributed by atoms with E-state index < -0.39 is 0 Å². The minimum atomic E-state index is 0.515. The van der Waals surface area contributed by atoms with Crippen LogP contribution in [0, 0.1) is 5.92 Å². The van der Waals surface area contributed by atoms with Crippen molar-refractivity contribution >= 4 is 0 Å². The van der Waals surface area contributed by atoms with E-state index in [9.17, 15) is 0 Å². The van der Waals surface area contributed by atoms with Gasteiger partial charge in [-0.2, -0.15) is 5.10 Å². The van der Waals surface area contributed by atoms with Gasteiger partial charge in [-0.25, -0.2) is 0 Å². The van der Waals surface area contributed by atoms with Crippen LogP contribution in [0.2, 0.25) is 0 Å². The van der Waals surface area contributed by atoms with Crippen LogP contribution in [0.4, 0.5) is 0 Å². The van der Waals surface area contributed by atoms with Gasteiger partial charge in [0.2, 0.25) is 0 Å². The van der Waals surface area contributed by atoms with Crippen LogP contribution >= 0.6 is 0 Å². The average molecular weight is 221 g/mol. The molecular formula is C13H23N3. The van der Waals surface area contributed by atoms with Gasteiger partial charge in [0.1, 0.15) is 0 Å². The minimum Gasteiger partial charge on any atom is -0.312 e. The summed E-state index contributed by atoms with van der Waals surface area (Å²) in [5.74, 6) is 1.45. The van der Waals surface area contributed by atoms with Crippen molar-refractivity contribution < 1.29 is 0 Å². The average Bonchev–Trinajstić information content (AvgIpc) is 2.51. The Morgan fingerprint density at radius 3 is 2.81 bits per heavy atom. The molecule has 2 rings (SSSR count). The van der Waals surface area contributed by atoms with Crippen LogP contribution in [0.5, 0.6) is 0 Å². The first-order chi connectivity index (χ1) is 7.66. The number of nitrogens with one attached hydrogen (secondary N) is 1. The summed E-state index contributed by atoms with van der Waals surface area (Å²) in [6, 6.07) is 0. The number of rotatable bonds is 5. The Balaban J connectivity index is 1.86. The molecule has 1 aliphatic rings. The lowest BCUT2D eigenvalue weighted by Crippen LogP contribution is -2.27. The van der Waals surface area contributed by atoms with Gasteiger partial charge in [-0.3, -0.25) is 4.68 Å². The first kappa shape index (κ1) is 11.6. The van der Waals surface area contributed by atoms with Gasteiger partial charge < -0.3 is 5.32 Å². The van der Waals surface area contributed by atoms with Crippen molar-refractivity contribution in [2.24, 2.45) is 13.0 Å². The molecule has 1 aromatic heterocycles. The Morgan fingerprint density at radius 1 is 1.50 bits per heavy atom. The fourth-order valence-corrected chi connectivity index (χ4v) is 2.29. The molecule has 3 heteroatoms. The van der Waals surface area contributed by atoms with Gasteiger partial charge in [0.05, 0.1) is 5.69 Å². The molecule has 1 fully saturated rings. The highest BCUT2D eigenvalue weighted by Crippen LogP contribution is 2.25. The summed E-state index contributed by atoms with van der Waals surface area (Å²) in [5.41, 5.74) is 2.60. The quantitative estimate of drug-likeness (QED) is 0.827. The molecule has 0 radical (unpaired) electrons. The predicted octanol–water partition coefficient (Wildman–Crippen LogP) is 2.43. The monoisotopic (exact) mass is 221 g/mol. The summed E-state index contributed by atoms with van der Waals surface area (Å²) in [4.78, 5) is 0. The van der Waals surface area contributed by atoms with E-state index in [1.54, 1.807) is 0 Å². The van der Waals surface area contributed by atoms with Crippen molar-refractivity contribution in [1.82, 2.24) is 15.1 Å². The second-order valence-electron chi connectivity index (χ2n) is 5.30. The van der Waals surface area contributed by atoms with Crippen LogP contribution in [0.3, 0.4) is 0 Å². The van der Waals surface area contributed by atoms with Crippen LogP contribution in [0.25, 0.3) is 0 Å². The summed E-state index contributed by atoms with van der Waals surface area (Å²) in [5, 5.41) is 8.08. The fraction of sp³-hybridized carbons (Fsp3) is 0.769. The molecule has 0 saturated heterocycles. The molecule has 0 unspecified atom stereocenters. The molecule has 1 aromatic rings. The van der Waals surface area contributed by atoms with Crippen LogP contribution in [-0.4, -0.2) is 16.3 Å². The number of hydrogen-bond acceptors (Lipinski definition) is 2. The van der Waals surface area contributed by atoms with Crippen LogP contribution < -0.4 is 5.32 Å². The van der Waals surface area contributed by atoms with E-state index in [4.69, 9.17) is 0 Å². The lowest BCUT2D eigenvalue weighted by Gasteiger charge is -2.25. The van der Waals surface area contributed by atoms with Gasteiger partial charge in [-0.05, 0) is 31.2 Å². The number of aryl methyl sites for hydroxylation is 1. The van der Waals surface area contributed by atoms with Gasteiger partial charge in [0.25, 0.3) is 0 Å². The van der Waals surface area contributed by atoms with E-state index in [0.29, 0.717) is 5.92 Å². The third kappa shape index (κ3) is 2.64. The SMILES string of the molecule is CC(C)c1nn(C)cc1CNCC1CCC1. The second-order valence-corrected chi connectivity index (χ2v) is 5.30. The van der Waals surface area contributed by atoms with E-state index in [0.717, 1.165) is 12.5 Å². The third-order valence-corrected chi connectivity index (χ3v) is 3.46. The van der Waals surface area contributed by atoms with Crippen LogP contribution in [0.1, 0.15) is 50.3 Å². The maximum Gasteiger partial charge on any atom is 0.0694 e. The lowest BCUT2D eigenvalue weighted by molar-refractivity contribution is 0.301. The number of hydrogen-bond donors (Lipinski definition) is 1. The predicted molar refractivity (Wildman–Crippen MR) is 66.3 cm³/mol. The molecule has 1 heterocycles. The highest BCUT2D eigenvalue weighted by molar-refractivity contribution is 5.19. The summed E-state index contributed by atoms with van der Waals surface area (Å²) in [7, 11) is 2.00. The molecule has 0 amide bonds. The molecule has 0 aliphatic heterocycles. The van der Waals surface area contributed by atoms with Crippen LogP contribution in [0.15, 0.2) is 6.20 Å². The van der Waals surface area contributed by atoms with Crippen LogP contribution in [-0.2, 0) is 13.6 Å². The summed E-state index contributed by atoms with van der Waals surface area (Å²) < 4.78 is 1.93. The van der Waals surface area contributed by atoms with E-state index in [1.807, 2.05) is 11.7 Å². The minimum absolute atomic E-state index is 0.515. The van der Waals surface area contributed by atoms with Gasteiger partial charge >= 0.3 is 0 Å². The standard InChI is InChI=1S/C13H23N3/c1-10(2)13-12(9-16(3)15-13)8-14-7-11-5-4-6-11/h9-11,14H,4-8H2,1-3H3. The Kier molecular flexibility index (Phi) is 3.64. The maximum atomic E-state index is 4.52. The molecule has 1 aliphatic carbocycles. The molecule has 90 valence electrons. The summed E-state index contributed by atoms with van der Waals surface area (Å²) in [6.07, 6.45) is 6.40. The summed E-state index contributed by atoms with van der Waals surface area (Å²) in [6.45, 7) is 6.56. The Labute approximate surface area is 98.2 Å². The highest BCUT2D eigenvalue weighted by atomic mass is 15.3. The largest absolute Gasteiger partial charge is 0.312 e. The van der Waals surface area contributed by atoms with E-state index in [-0.39, 0.29) is 0 Å². The topological polar surface area (TPSA) is 29.9 Å². The van der Waals surface area contributed by atoms with Gasteiger partial charge in [-0.1, -0.05) is 20.3 Å². The van der Waals surface area contributed by atoms with Gasteiger partial charge in [0.15, 0.2) is 0 Å². The van der Waals surface area contributed by atoms with Crippen molar-refractivity contribution in [2.45, 2.75) is 45.6 Å². The summed E-state index contributed by atoms with van der Waals surface area (Å²) >= 11 is 0. The fourth-order valence-electron chi connectivity index (χ4n) is 2.29. The molecule has 1 saturated carbocycles. The molecule has 16 heavy (non-hydrogen) atoms. The number of aromatic nitrogens is 2. The van der Waals surface area contributed by atoms with Crippen molar-refractivity contribution in [3.63, 3.8) is 0 Å². The first-order valence-electron chi connectivity index (χ1n) is 6.40. The lowest BCUT2D eigenvalue weighted by atomic mass is 9.85. The molecule has 1 N–H and O–H groups in total. The first-order valence-corrected chi connectivity index (χ1v) is 6.40. The van der Waals surface area contributed by atoms with E-state index in [2.05, 4.69) is 30.5 Å². The van der Waals surface area contributed by atoms with E-state index in [1.165, 1.54) is 37.1 Å². The molecule has 0 atom stereocenters. The highest BCUT2D eigenvalue weighted by Gasteiger charge is 2.17. The smallest absolute Gasteiger partial charge is 0.0694 e. The molecular weight excluding hydrogens is 198 g/mol. The molecule has 3 nitrogen and oxygen atoms in total. The van der Waals surface area contributed by atoms with Crippen molar-refractivity contribution in [3.05, 3.63) is 17.5 Å². The van der Waals surface area contributed by atoms with E-state index >= 15 is 0 Å². The Morgan fingerprint density at radius 2 is 2.25 bits per heavy atom. The van der Waals surface area contributed by atoms with Crippen molar-refractivity contribution in [1.29, 1.82) is 0 Å². The number of nitrogens with zero attached hydrogens (tertiary/aromatic N) is 2. The van der Waals surface area contributed by atoms with Crippen molar-refractivity contribution in [3.8, 4) is 0 Å². The third-order valence-electron chi connectivity index (χ3n) is 3.46. The second kappa shape index (κ2) is 5.00. The van der Waals surface area contributed by atoms with Gasteiger partial charge in [-0.15, -0.1) is 0 Å². The Hall–Kier alpha value is -0.830. The zero-order chi connectivity index (χ0) is 11.5. The zero-order valence-corrected chi connectivity index (χ0v) is 10.7. The molecule has 0 aromatic carbocycles. The zero-order valence-electron chi connectivity index (χ0n) is 10.7. The maximum absolute atomic E-state index is 4.52. The Bertz CT molecular complexity index is 337. The van der Waals surface area contributed by atoms with Crippen molar-refractivity contribution in [2.75, 3.05) is 6.54 Å². The molecule has 0 spiro atoms. The molecule has 0 bridgehead atoms. The normalized spacial score (nSPS) is 16.8.